The number of likely N-dealkylation sites (N-methyl/N-ethyl adjacent to an activating group) is 1. The summed E-state index contributed by atoms with van der Waals surface area (Å²) in [6, 6.07) is 2.35. The van der Waals surface area contributed by atoms with Gasteiger partial charge in [-0.05, 0) is 25.3 Å². The van der Waals surface area contributed by atoms with Crippen molar-refractivity contribution in [2.45, 2.75) is 58.7 Å². The normalized spacial score (nSPS) is 17.9. The van der Waals surface area contributed by atoms with Crippen molar-refractivity contribution in [3.63, 3.8) is 0 Å². The largest absolute Gasteiger partial charge is 0.480 e. The number of aliphatic carboxylic acids is 1. The quantitative estimate of drug-likeness (QED) is 0.733. The molecule has 0 bridgehead atoms. The Bertz CT molecular complexity index is 754. The molecule has 2 amide bonds. The van der Waals surface area contributed by atoms with Crippen molar-refractivity contribution in [3.05, 3.63) is 35.4 Å². The molecule has 1 heterocycles. The Morgan fingerprint density at radius 3 is 2.57 bits per heavy atom. The Labute approximate surface area is 163 Å². The lowest BCUT2D eigenvalue weighted by molar-refractivity contribution is -0.152. The number of carbonyl (C=O) groups excluding carboxylic acids is 2. The van der Waals surface area contributed by atoms with E-state index in [-0.39, 0.29) is 49.2 Å². The van der Waals surface area contributed by atoms with Crippen molar-refractivity contribution >= 4 is 17.8 Å². The van der Waals surface area contributed by atoms with Crippen molar-refractivity contribution in [1.29, 1.82) is 0 Å². The summed E-state index contributed by atoms with van der Waals surface area (Å²) in [5, 5.41) is 9.46. The fourth-order valence-corrected chi connectivity index (χ4v) is 3.70. The highest BCUT2D eigenvalue weighted by Crippen LogP contribution is 2.26. The Balaban J connectivity index is 2.16. The first-order chi connectivity index (χ1) is 13.2. The molecule has 154 valence electrons. The molecule has 8 heteroatoms. The summed E-state index contributed by atoms with van der Waals surface area (Å²) in [4.78, 5) is 39.3. The molecule has 2 rings (SSSR count). The monoisotopic (exact) mass is 396 g/mol. The van der Waals surface area contributed by atoms with Crippen LogP contribution in [0.2, 0.25) is 0 Å². The van der Waals surface area contributed by atoms with Gasteiger partial charge in [-0.25, -0.2) is 13.6 Å². The highest BCUT2D eigenvalue weighted by Gasteiger charge is 2.37. The second kappa shape index (κ2) is 9.12. The Morgan fingerprint density at radius 1 is 1.32 bits per heavy atom. The Hall–Kier alpha value is -2.51. The summed E-state index contributed by atoms with van der Waals surface area (Å²) in [6.45, 7) is 5.27. The zero-order chi connectivity index (χ0) is 21.0. The van der Waals surface area contributed by atoms with Gasteiger partial charge in [-0.2, -0.15) is 0 Å². The predicted molar refractivity (Wildman–Crippen MR) is 98.2 cm³/mol. The zero-order valence-corrected chi connectivity index (χ0v) is 16.3. The van der Waals surface area contributed by atoms with Gasteiger partial charge in [0.05, 0.1) is 0 Å². The Morgan fingerprint density at radius 2 is 2.00 bits per heavy atom. The molecule has 0 aliphatic carbocycles. The summed E-state index contributed by atoms with van der Waals surface area (Å²) in [6.07, 6.45) is 0.582. The highest BCUT2D eigenvalue weighted by molar-refractivity contribution is 5.85. The molecule has 28 heavy (non-hydrogen) atoms. The van der Waals surface area contributed by atoms with Crippen LogP contribution in [0.4, 0.5) is 8.78 Å². The summed E-state index contributed by atoms with van der Waals surface area (Å²) in [5.41, 5.74) is 0.0469. The highest BCUT2D eigenvalue weighted by atomic mass is 19.2. The zero-order valence-electron chi connectivity index (χ0n) is 16.3. The average molecular weight is 396 g/mol. The Kier molecular flexibility index (Phi) is 7.10. The van der Waals surface area contributed by atoms with Gasteiger partial charge in [0.25, 0.3) is 0 Å². The minimum absolute atomic E-state index is 0.0469. The molecule has 2 atom stereocenters. The number of carbonyl (C=O) groups is 3. The van der Waals surface area contributed by atoms with E-state index < -0.39 is 29.7 Å². The summed E-state index contributed by atoms with van der Waals surface area (Å²) in [5.74, 6) is -3.95. The van der Waals surface area contributed by atoms with Gasteiger partial charge in [0.2, 0.25) is 11.8 Å². The molecule has 6 nitrogen and oxygen atoms in total. The molecule has 0 saturated carbocycles. The van der Waals surface area contributed by atoms with Crippen LogP contribution in [0.5, 0.6) is 0 Å². The molecule has 0 unspecified atom stereocenters. The van der Waals surface area contributed by atoms with Crippen molar-refractivity contribution < 1.29 is 28.3 Å². The van der Waals surface area contributed by atoms with Crippen LogP contribution in [0.3, 0.4) is 0 Å². The van der Waals surface area contributed by atoms with Gasteiger partial charge < -0.3 is 14.9 Å². The fraction of sp³-hybridized carbons (Fsp3) is 0.550. The van der Waals surface area contributed by atoms with Gasteiger partial charge in [0, 0.05) is 37.5 Å². The molecular weight excluding hydrogens is 370 g/mol. The van der Waals surface area contributed by atoms with E-state index in [1.165, 1.54) is 21.9 Å². The van der Waals surface area contributed by atoms with E-state index in [9.17, 15) is 28.3 Å². The standard InChI is InChI=1S/C20H26F2N2O4/c1-4-23(19(12(2)3)20(27)28)17(26)10-14-8-9-16(25)24(14)11-13-6-5-7-15(21)18(13)22/h5-7,12,14,19H,4,8-11H2,1-3H3,(H,27,28)/t14-,19-/m0/s1. The van der Waals surface area contributed by atoms with Gasteiger partial charge in [-0.3, -0.25) is 9.59 Å². The molecule has 0 aromatic heterocycles. The third-order valence-corrected chi connectivity index (χ3v) is 5.12. The number of rotatable bonds is 8. The number of benzene rings is 1. The van der Waals surface area contributed by atoms with Crippen molar-refractivity contribution in [1.82, 2.24) is 9.80 Å². The van der Waals surface area contributed by atoms with E-state index in [2.05, 4.69) is 0 Å². The molecule has 1 saturated heterocycles. The lowest BCUT2D eigenvalue weighted by Gasteiger charge is -2.33. The van der Waals surface area contributed by atoms with Gasteiger partial charge in [-0.1, -0.05) is 26.0 Å². The van der Waals surface area contributed by atoms with Crippen molar-refractivity contribution in [3.8, 4) is 0 Å². The first kappa shape index (κ1) is 21.8. The molecule has 1 aromatic carbocycles. The van der Waals surface area contributed by atoms with Gasteiger partial charge in [0.1, 0.15) is 6.04 Å². The van der Waals surface area contributed by atoms with Gasteiger partial charge >= 0.3 is 5.97 Å². The summed E-state index contributed by atoms with van der Waals surface area (Å²) >= 11 is 0. The van der Waals surface area contributed by atoms with E-state index in [1.807, 2.05) is 0 Å². The van der Waals surface area contributed by atoms with E-state index >= 15 is 0 Å². The van der Waals surface area contributed by atoms with E-state index in [1.54, 1.807) is 20.8 Å². The third-order valence-electron chi connectivity index (χ3n) is 5.12. The lowest BCUT2D eigenvalue weighted by Crippen LogP contribution is -2.49. The fourth-order valence-electron chi connectivity index (χ4n) is 3.70. The van der Waals surface area contributed by atoms with Crippen LogP contribution in [-0.2, 0) is 20.9 Å². The molecule has 1 fully saturated rings. The summed E-state index contributed by atoms with van der Waals surface area (Å²) < 4.78 is 27.4. The lowest BCUT2D eigenvalue weighted by atomic mass is 10.0. The number of amides is 2. The summed E-state index contributed by atoms with van der Waals surface area (Å²) in [7, 11) is 0. The number of hydrogen-bond acceptors (Lipinski definition) is 3. The molecule has 1 aliphatic heterocycles. The minimum atomic E-state index is -1.08. The second-order valence-corrected chi connectivity index (χ2v) is 7.34. The van der Waals surface area contributed by atoms with Gasteiger partial charge in [0.15, 0.2) is 11.6 Å². The van der Waals surface area contributed by atoms with Crippen molar-refractivity contribution in [2.75, 3.05) is 6.54 Å². The van der Waals surface area contributed by atoms with Crippen LogP contribution < -0.4 is 0 Å². The number of likely N-dealkylation sites (tertiary alicyclic amines) is 1. The molecular formula is C20H26F2N2O4. The topological polar surface area (TPSA) is 77.9 Å². The maximum Gasteiger partial charge on any atom is 0.326 e. The smallest absolute Gasteiger partial charge is 0.326 e. The molecule has 0 radical (unpaired) electrons. The van der Waals surface area contributed by atoms with E-state index in [0.717, 1.165) is 6.07 Å². The molecule has 1 aliphatic rings. The van der Waals surface area contributed by atoms with E-state index in [0.29, 0.717) is 6.42 Å². The SMILES string of the molecule is CCN(C(=O)C[C@@H]1CCC(=O)N1Cc1cccc(F)c1F)[C@H](C(=O)O)C(C)C. The average Bonchev–Trinajstić information content (AvgIpc) is 2.95. The first-order valence-electron chi connectivity index (χ1n) is 9.42. The number of carboxylic acid groups (broad SMARTS) is 1. The maximum absolute atomic E-state index is 14.0. The van der Waals surface area contributed by atoms with Crippen LogP contribution in [-0.4, -0.2) is 51.3 Å². The van der Waals surface area contributed by atoms with Crippen molar-refractivity contribution in [2.24, 2.45) is 5.92 Å². The third kappa shape index (κ3) is 4.66. The van der Waals surface area contributed by atoms with Gasteiger partial charge in [-0.15, -0.1) is 0 Å². The van der Waals surface area contributed by atoms with Crippen LogP contribution in [0.25, 0.3) is 0 Å². The number of hydrogen-bond donors (Lipinski definition) is 1. The first-order valence-corrected chi connectivity index (χ1v) is 9.42. The minimum Gasteiger partial charge on any atom is -0.480 e. The predicted octanol–water partition coefficient (Wildman–Crippen LogP) is 2.80. The molecule has 0 spiro atoms. The second-order valence-electron chi connectivity index (χ2n) is 7.34. The van der Waals surface area contributed by atoms with Crippen LogP contribution >= 0.6 is 0 Å². The molecule has 1 aromatic rings. The van der Waals surface area contributed by atoms with E-state index in [4.69, 9.17) is 0 Å². The maximum atomic E-state index is 14.0. The van der Waals surface area contributed by atoms with Crippen LogP contribution in [0.15, 0.2) is 18.2 Å². The number of nitrogens with zero attached hydrogens (tertiary/aromatic N) is 2. The van der Waals surface area contributed by atoms with Crippen LogP contribution in [0.1, 0.15) is 45.6 Å². The molecule has 1 N–H and O–H groups in total. The number of carboxylic acids is 1. The van der Waals surface area contributed by atoms with Crippen LogP contribution in [0, 0.1) is 17.6 Å². The number of halogens is 2.